The van der Waals surface area contributed by atoms with Gasteiger partial charge >= 0.3 is 0 Å². The van der Waals surface area contributed by atoms with Crippen LogP contribution in [0.3, 0.4) is 0 Å². The van der Waals surface area contributed by atoms with E-state index in [1.54, 1.807) is 0 Å². The molecule has 0 aliphatic carbocycles. The molecule has 1 rings (SSSR count). The molecule has 2 N–H and O–H groups in total. The van der Waals surface area contributed by atoms with Crippen LogP contribution in [0.5, 0.6) is 0 Å². The Balaban J connectivity index is 2.39. The summed E-state index contributed by atoms with van der Waals surface area (Å²) in [5, 5.41) is 0. The molecule has 0 heterocycles. The average molecular weight is 149 g/mol. The summed E-state index contributed by atoms with van der Waals surface area (Å²) in [4.78, 5) is 0. The van der Waals surface area contributed by atoms with E-state index >= 15 is 0 Å². The van der Waals surface area contributed by atoms with Gasteiger partial charge in [0.2, 0.25) is 0 Å². The molecule has 58 valence electrons. The van der Waals surface area contributed by atoms with Crippen molar-refractivity contribution in [2.75, 3.05) is 0 Å². The van der Waals surface area contributed by atoms with E-state index in [0.29, 0.717) is 6.61 Å². The Labute approximate surface area is 66.3 Å². The Hall–Kier alpha value is -1.44. The van der Waals surface area contributed by atoms with E-state index in [2.05, 4.69) is 0 Å². The molecule has 0 spiro atoms. The normalized spacial score (nSPS) is 10.2. The lowest BCUT2D eigenvalue weighted by molar-refractivity contribution is 0.236. The van der Waals surface area contributed by atoms with Crippen molar-refractivity contribution >= 4 is 0 Å². The fraction of sp³-hybridized carbons (Fsp3) is 0.111. The third-order valence-electron chi connectivity index (χ3n) is 1.27. The summed E-state index contributed by atoms with van der Waals surface area (Å²) in [6, 6.07) is 9.94. The summed E-state index contributed by atoms with van der Waals surface area (Å²) in [6.07, 6.45) is 2.86. The van der Waals surface area contributed by atoms with Crippen LogP contribution in [0.4, 0.5) is 0 Å². The highest BCUT2D eigenvalue weighted by Crippen LogP contribution is 1.99. The number of hydrogen-bond donors (Lipinski definition) is 1. The molecule has 0 fully saturated rings. The number of benzene rings is 1. The minimum absolute atomic E-state index is 0.578. The lowest BCUT2D eigenvalue weighted by Gasteiger charge is -1.98. The van der Waals surface area contributed by atoms with E-state index in [1.165, 1.54) is 12.5 Å². The van der Waals surface area contributed by atoms with Gasteiger partial charge in [-0.05, 0) is 5.56 Å². The first-order chi connectivity index (χ1) is 5.43. The third-order valence-corrected chi connectivity index (χ3v) is 1.27. The molecule has 0 atom stereocenters. The molecule has 2 heteroatoms. The van der Waals surface area contributed by atoms with Gasteiger partial charge in [-0.1, -0.05) is 30.3 Å². The van der Waals surface area contributed by atoms with Crippen molar-refractivity contribution in [3.8, 4) is 0 Å². The zero-order valence-corrected chi connectivity index (χ0v) is 6.23. The summed E-state index contributed by atoms with van der Waals surface area (Å²) < 4.78 is 5.06. The Bertz CT molecular complexity index is 218. The van der Waals surface area contributed by atoms with Gasteiger partial charge in [0.15, 0.2) is 0 Å². The van der Waals surface area contributed by atoms with Crippen molar-refractivity contribution in [1.29, 1.82) is 0 Å². The van der Waals surface area contributed by atoms with Crippen LogP contribution in [0, 0.1) is 0 Å². The predicted molar refractivity (Wildman–Crippen MR) is 44.6 cm³/mol. The standard InChI is InChI=1S/C9H11NO/c10-6-7-11-8-9-4-2-1-3-5-9/h1-7H,8,10H2. The van der Waals surface area contributed by atoms with E-state index in [4.69, 9.17) is 10.5 Å². The maximum Gasteiger partial charge on any atom is 0.112 e. The summed E-state index contributed by atoms with van der Waals surface area (Å²) in [7, 11) is 0. The van der Waals surface area contributed by atoms with Crippen molar-refractivity contribution in [2.45, 2.75) is 6.61 Å². The third kappa shape index (κ3) is 2.76. The Kier molecular flexibility index (Phi) is 3.06. The van der Waals surface area contributed by atoms with Crippen LogP contribution in [0.25, 0.3) is 0 Å². The molecule has 11 heavy (non-hydrogen) atoms. The highest BCUT2D eigenvalue weighted by atomic mass is 16.5. The van der Waals surface area contributed by atoms with Crippen molar-refractivity contribution in [3.63, 3.8) is 0 Å². The van der Waals surface area contributed by atoms with Gasteiger partial charge in [-0.15, -0.1) is 0 Å². The summed E-state index contributed by atoms with van der Waals surface area (Å²) in [5.74, 6) is 0. The minimum atomic E-state index is 0.578. The first kappa shape index (κ1) is 7.66. The second-order valence-corrected chi connectivity index (χ2v) is 2.13. The number of nitrogens with two attached hydrogens (primary N) is 1. The molecule has 0 saturated carbocycles. The molecule has 0 unspecified atom stereocenters. The van der Waals surface area contributed by atoms with Crippen LogP contribution in [0.2, 0.25) is 0 Å². The van der Waals surface area contributed by atoms with Crippen LogP contribution < -0.4 is 5.73 Å². The minimum Gasteiger partial charge on any atom is -0.495 e. The van der Waals surface area contributed by atoms with E-state index in [-0.39, 0.29) is 0 Å². The van der Waals surface area contributed by atoms with Crippen molar-refractivity contribution < 1.29 is 4.74 Å². The molecule has 0 aliphatic rings. The quantitative estimate of drug-likeness (QED) is 0.663. The maximum absolute atomic E-state index is 5.09. The smallest absolute Gasteiger partial charge is 0.112 e. The van der Waals surface area contributed by atoms with Gasteiger partial charge in [-0.3, -0.25) is 0 Å². The van der Waals surface area contributed by atoms with Crippen molar-refractivity contribution in [3.05, 3.63) is 48.4 Å². The van der Waals surface area contributed by atoms with Crippen LogP contribution in [0.15, 0.2) is 42.8 Å². The molecular formula is C9H11NO. The van der Waals surface area contributed by atoms with E-state index < -0.39 is 0 Å². The number of hydrogen-bond acceptors (Lipinski definition) is 2. The van der Waals surface area contributed by atoms with E-state index in [9.17, 15) is 0 Å². The van der Waals surface area contributed by atoms with Gasteiger partial charge in [0.1, 0.15) is 6.61 Å². The fourth-order valence-electron chi connectivity index (χ4n) is 0.774. The molecule has 0 saturated heterocycles. The summed E-state index contributed by atoms with van der Waals surface area (Å²) in [6.45, 7) is 0.578. The largest absolute Gasteiger partial charge is 0.495 e. The fourth-order valence-corrected chi connectivity index (χ4v) is 0.774. The molecule has 0 amide bonds. The first-order valence-corrected chi connectivity index (χ1v) is 3.46. The SMILES string of the molecule is NC=COCc1ccccc1. The molecule has 0 aliphatic heterocycles. The van der Waals surface area contributed by atoms with Gasteiger partial charge in [-0.25, -0.2) is 0 Å². The lowest BCUT2D eigenvalue weighted by atomic mass is 10.2. The lowest BCUT2D eigenvalue weighted by Crippen LogP contribution is -1.86. The van der Waals surface area contributed by atoms with Crippen LogP contribution in [-0.4, -0.2) is 0 Å². The van der Waals surface area contributed by atoms with Gasteiger partial charge < -0.3 is 10.5 Å². The van der Waals surface area contributed by atoms with Crippen LogP contribution in [0.1, 0.15) is 5.56 Å². The molecular weight excluding hydrogens is 138 g/mol. The molecule has 0 radical (unpaired) electrons. The Morgan fingerprint density at radius 3 is 2.64 bits per heavy atom. The first-order valence-electron chi connectivity index (χ1n) is 3.46. The van der Waals surface area contributed by atoms with Gasteiger partial charge in [0.25, 0.3) is 0 Å². The predicted octanol–water partition coefficient (Wildman–Crippen LogP) is 1.63. The zero-order valence-electron chi connectivity index (χ0n) is 6.23. The van der Waals surface area contributed by atoms with Gasteiger partial charge in [0.05, 0.1) is 6.26 Å². The molecule has 1 aromatic carbocycles. The van der Waals surface area contributed by atoms with Crippen LogP contribution in [-0.2, 0) is 11.3 Å². The number of ether oxygens (including phenoxy) is 1. The van der Waals surface area contributed by atoms with E-state index in [1.807, 2.05) is 30.3 Å². The average Bonchev–Trinajstić information content (AvgIpc) is 2.07. The topological polar surface area (TPSA) is 35.2 Å². The van der Waals surface area contributed by atoms with Crippen LogP contribution >= 0.6 is 0 Å². The summed E-state index contributed by atoms with van der Waals surface area (Å²) in [5.41, 5.74) is 6.23. The summed E-state index contributed by atoms with van der Waals surface area (Å²) >= 11 is 0. The van der Waals surface area contributed by atoms with Crippen molar-refractivity contribution in [2.24, 2.45) is 5.73 Å². The van der Waals surface area contributed by atoms with Gasteiger partial charge in [-0.2, -0.15) is 0 Å². The molecule has 0 bridgehead atoms. The Morgan fingerprint density at radius 1 is 1.27 bits per heavy atom. The van der Waals surface area contributed by atoms with E-state index in [0.717, 1.165) is 5.56 Å². The maximum atomic E-state index is 5.09. The molecule has 1 aromatic rings. The Morgan fingerprint density at radius 2 is 2.00 bits per heavy atom. The monoisotopic (exact) mass is 149 g/mol. The second kappa shape index (κ2) is 4.39. The highest BCUT2D eigenvalue weighted by molar-refractivity contribution is 5.13. The van der Waals surface area contributed by atoms with Gasteiger partial charge in [0, 0.05) is 6.20 Å². The highest BCUT2D eigenvalue weighted by Gasteiger charge is 1.86. The van der Waals surface area contributed by atoms with Crippen molar-refractivity contribution in [1.82, 2.24) is 0 Å². The second-order valence-electron chi connectivity index (χ2n) is 2.13. The molecule has 0 aromatic heterocycles. The number of rotatable bonds is 3. The zero-order chi connectivity index (χ0) is 7.94. The molecule has 2 nitrogen and oxygen atoms in total.